The van der Waals surface area contributed by atoms with Gasteiger partial charge in [-0.05, 0) is 39.0 Å². The maximum absolute atomic E-state index is 5.53. The normalized spacial score (nSPS) is 11.2. The number of hydrogen-bond donors (Lipinski definition) is 0. The highest BCUT2D eigenvalue weighted by molar-refractivity contribution is 5.33. The van der Waals surface area contributed by atoms with Gasteiger partial charge in [0, 0.05) is 6.07 Å². The van der Waals surface area contributed by atoms with Crippen molar-refractivity contribution in [2.75, 3.05) is 6.61 Å². The molecular formula is C12H16O2. The summed E-state index contributed by atoms with van der Waals surface area (Å²) in [6, 6.07) is 7.64. The summed E-state index contributed by atoms with van der Waals surface area (Å²) in [5.41, 5.74) is 0. The molecule has 0 radical (unpaired) electrons. The van der Waals surface area contributed by atoms with E-state index in [1.54, 1.807) is 0 Å². The minimum atomic E-state index is 0.673. The van der Waals surface area contributed by atoms with Gasteiger partial charge >= 0.3 is 0 Å². The number of benzene rings is 1. The highest BCUT2D eigenvalue weighted by atomic mass is 16.5. The van der Waals surface area contributed by atoms with Crippen LogP contribution < -0.4 is 9.47 Å². The van der Waals surface area contributed by atoms with E-state index >= 15 is 0 Å². The van der Waals surface area contributed by atoms with Gasteiger partial charge in [0.25, 0.3) is 0 Å². The van der Waals surface area contributed by atoms with Gasteiger partial charge in [0.15, 0.2) is 0 Å². The third-order valence-electron chi connectivity index (χ3n) is 1.80. The van der Waals surface area contributed by atoms with Crippen molar-refractivity contribution < 1.29 is 9.47 Å². The molecule has 0 bridgehead atoms. The molecule has 0 saturated heterocycles. The summed E-state index contributed by atoms with van der Waals surface area (Å²) in [5, 5.41) is 0. The third-order valence-corrected chi connectivity index (χ3v) is 1.80. The van der Waals surface area contributed by atoms with E-state index < -0.39 is 0 Å². The summed E-state index contributed by atoms with van der Waals surface area (Å²) in [6.07, 6.45) is 1.92. The van der Waals surface area contributed by atoms with Gasteiger partial charge in [0.2, 0.25) is 0 Å². The Balaban J connectivity index is 2.73. The smallest absolute Gasteiger partial charge is 0.130 e. The number of allylic oxidation sites excluding steroid dienone is 2. The quantitative estimate of drug-likeness (QED) is 0.681. The Morgan fingerprint density at radius 3 is 2.71 bits per heavy atom. The van der Waals surface area contributed by atoms with Gasteiger partial charge in [-0.15, -0.1) is 0 Å². The van der Waals surface area contributed by atoms with E-state index in [1.807, 2.05) is 51.1 Å². The molecule has 0 fully saturated rings. The van der Waals surface area contributed by atoms with Gasteiger partial charge in [0.1, 0.15) is 11.5 Å². The van der Waals surface area contributed by atoms with Crippen LogP contribution in [0.2, 0.25) is 0 Å². The first-order valence-corrected chi connectivity index (χ1v) is 4.80. The molecule has 2 heteroatoms. The minimum absolute atomic E-state index is 0.673. The van der Waals surface area contributed by atoms with Crippen LogP contribution in [-0.2, 0) is 0 Å². The van der Waals surface area contributed by atoms with E-state index in [0.717, 1.165) is 17.3 Å². The van der Waals surface area contributed by atoms with Gasteiger partial charge in [-0.2, -0.15) is 0 Å². The molecule has 0 unspecified atom stereocenters. The number of ether oxygens (including phenoxy) is 2. The first-order valence-electron chi connectivity index (χ1n) is 4.80. The van der Waals surface area contributed by atoms with Crippen LogP contribution in [0.15, 0.2) is 36.1 Å². The van der Waals surface area contributed by atoms with Gasteiger partial charge in [-0.25, -0.2) is 0 Å². The zero-order chi connectivity index (χ0) is 10.4. The van der Waals surface area contributed by atoms with Crippen LogP contribution in [-0.4, -0.2) is 6.61 Å². The molecule has 0 amide bonds. The molecule has 0 aromatic heterocycles. The summed E-state index contributed by atoms with van der Waals surface area (Å²) in [6.45, 7) is 6.51. The predicted octanol–water partition coefficient (Wildman–Crippen LogP) is 3.39. The van der Waals surface area contributed by atoms with Crippen molar-refractivity contribution in [3.05, 3.63) is 36.1 Å². The van der Waals surface area contributed by atoms with Gasteiger partial charge in [-0.3, -0.25) is 0 Å². The van der Waals surface area contributed by atoms with Crippen LogP contribution in [0.3, 0.4) is 0 Å². The number of hydrogen-bond acceptors (Lipinski definition) is 2. The second-order valence-corrected chi connectivity index (χ2v) is 2.91. The molecule has 0 N–H and O–H groups in total. The minimum Gasteiger partial charge on any atom is -0.494 e. The topological polar surface area (TPSA) is 18.5 Å². The average molecular weight is 192 g/mol. The zero-order valence-electron chi connectivity index (χ0n) is 8.91. The van der Waals surface area contributed by atoms with Gasteiger partial charge in [0.05, 0.1) is 12.4 Å². The van der Waals surface area contributed by atoms with Crippen LogP contribution in [0.1, 0.15) is 20.8 Å². The molecule has 0 atom stereocenters. The van der Waals surface area contributed by atoms with E-state index in [2.05, 4.69) is 0 Å². The standard InChI is InChI=1S/C12H16O2/c1-4-10(3)14-12-8-6-7-11(9-12)13-5-2/h4,6-9H,5H2,1-3H3. The largest absolute Gasteiger partial charge is 0.494 e. The molecule has 0 heterocycles. The number of rotatable bonds is 4. The Hall–Kier alpha value is -1.44. The first-order chi connectivity index (χ1) is 6.76. The molecular weight excluding hydrogens is 176 g/mol. The summed E-state index contributed by atoms with van der Waals surface area (Å²) in [4.78, 5) is 0. The molecule has 1 rings (SSSR count). The van der Waals surface area contributed by atoms with Gasteiger partial charge < -0.3 is 9.47 Å². The van der Waals surface area contributed by atoms with Crippen LogP contribution in [0, 0.1) is 0 Å². The van der Waals surface area contributed by atoms with Crippen molar-refractivity contribution >= 4 is 0 Å². The van der Waals surface area contributed by atoms with Crippen LogP contribution in [0.25, 0.3) is 0 Å². The molecule has 1 aromatic rings. The van der Waals surface area contributed by atoms with E-state index in [4.69, 9.17) is 9.47 Å². The van der Waals surface area contributed by atoms with Crippen molar-refractivity contribution in [2.45, 2.75) is 20.8 Å². The molecule has 0 aliphatic heterocycles. The highest BCUT2D eigenvalue weighted by Crippen LogP contribution is 2.20. The van der Waals surface area contributed by atoms with Crippen molar-refractivity contribution in [3.63, 3.8) is 0 Å². The summed E-state index contributed by atoms with van der Waals surface area (Å²) in [7, 11) is 0. The lowest BCUT2D eigenvalue weighted by Gasteiger charge is -2.07. The Kier molecular flexibility index (Phi) is 4.05. The van der Waals surface area contributed by atoms with E-state index in [-0.39, 0.29) is 0 Å². The van der Waals surface area contributed by atoms with Crippen LogP contribution in [0.4, 0.5) is 0 Å². The van der Waals surface area contributed by atoms with E-state index in [9.17, 15) is 0 Å². The molecule has 1 aromatic carbocycles. The fourth-order valence-corrected chi connectivity index (χ4v) is 1.04. The summed E-state index contributed by atoms with van der Waals surface area (Å²) >= 11 is 0. The Labute approximate surface area is 85.2 Å². The predicted molar refractivity (Wildman–Crippen MR) is 57.7 cm³/mol. The molecule has 0 aliphatic carbocycles. The summed E-state index contributed by atoms with van der Waals surface area (Å²) in [5.74, 6) is 2.54. The van der Waals surface area contributed by atoms with E-state index in [1.165, 1.54) is 0 Å². The molecule has 14 heavy (non-hydrogen) atoms. The average Bonchev–Trinajstić information content (AvgIpc) is 2.19. The fourth-order valence-electron chi connectivity index (χ4n) is 1.04. The Bertz CT molecular complexity index is 316. The Morgan fingerprint density at radius 2 is 2.07 bits per heavy atom. The first kappa shape index (κ1) is 10.6. The fraction of sp³-hybridized carbons (Fsp3) is 0.333. The highest BCUT2D eigenvalue weighted by Gasteiger charge is 1.97. The lowest BCUT2D eigenvalue weighted by Crippen LogP contribution is -1.93. The lowest BCUT2D eigenvalue weighted by molar-refractivity contribution is 0.337. The molecule has 0 aliphatic rings. The maximum Gasteiger partial charge on any atom is 0.130 e. The van der Waals surface area contributed by atoms with Crippen LogP contribution >= 0.6 is 0 Å². The third kappa shape index (κ3) is 3.13. The summed E-state index contributed by atoms with van der Waals surface area (Å²) < 4.78 is 10.9. The van der Waals surface area contributed by atoms with Crippen molar-refractivity contribution in [1.29, 1.82) is 0 Å². The SMILES string of the molecule is CC=C(C)Oc1cccc(OCC)c1. The lowest BCUT2D eigenvalue weighted by atomic mass is 10.3. The molecule has 0 saturated carbocycles. The van der Waals surface area contributed by atoms with Crippen molar-refractivity contribution in [2.24, 2.45) is 0 Å². The molecule has 0 spiro atoms. The molecule has 2 nitrogen and oxygen atoms in total. The Morgan fingerprint density at radius 1 is 1.36 bits per heavy atom. The second kappa shape index (κ2) is 5.32. The van der Waals surface area contributed by atoms with Crippen molar-refractivity contribution in [1.82, 2.24) is 0 Å². The van der Waals surface area contributed by atoms with Gasteiger partial charge in [-0.1, -0.05) is 6.07 Å². The zero-order valence-corrected chi connectivity index (χ0v) is 8.91. The van der Waals surface area contributed by atoms with Crippen LogP contribution in [0.5, 0.6) is 11.5 Å². The maximum atomic E-state index is 5.53. The second-order valence-electron chi connectivity index (χ2n) is 2.91. The van der Waals surface area contributed by atoms with E-state index in [0.29, 0.717) is 6.61 Å². The molecule has 76 valence electrons. The van der Waals surface area contributed by atoms with Crippen molar-refractivity contribution in [3.8, 4) is 11.5 Å². The monoisotopic (exact) mass is 192 g/mol.